The number of aliphatic hydroxyl groups is 10. The standard InChI is InChI=1S/C47H73NO17/c1-27-17-15-13-11-9-7-5-6-8-10-12-14-16-18-34(64-46-44(58)41(48)43(57)30(4)63-46)24-38-40(45(59)60)37(54)26-47(61,65-38)25-33(51)22-36(53)35(52)20-19-31(49)21-32(50)23-39(55)62-29(3)28(2)42(27)56/h5-18,27-38,40-44,46,49-54,56-58,61H,19-26,48H2,1-4H3,(H,59,60)/b6-5+,9-7+,10-8+,13-11+,14-12+,17-15+,18-16+/t27-,28-,29-,30+,31+,32+,33-,34-,35?,36+,37-,38-,40+,41-,42+,43+,44-,46-,47+/m0/s1. The van der Waals surface area contributed by atoms with Crippen LogP contribution in [0.5, 0.6) is 0 Å². The molecular formula is C47H73NO17. The van der Waals surface area contributed by atoms with Crippen molar-refractivity contribution in [2.24, 2.45) is 23.5 Å². The van der Waals surface area contributed by atoms with Crippen molar-refractivity contribution < 1.29 is 84.7 Å². The monoisotopic (exact) mass is 923 g/mol. The molecule has 2 bridgehead atoms. The van der Waals surface area contributed by atoms with Crippen molar-refractivity contribution in [2.45, 2.75) is 177 Å². The van der Waals surface area contributed by atoms with Crippen molar-refractivity contribution in [3.05, 3.63) is 85.1 Å². The molecule has 0 aliphatic carbocycles. The molecule has 368 valence electrons. The quantitative estimate of drug-likeness (QED) is 0.174. The predicted octanol–water partition coefficient (Wildman–Crippen LogP) is 0.712. The molecule has 18 heteroatoms. The Morgan fingerprint density at radius 3 is 1.82 bits per heavy atom. The van der Waals surface area contributed by atoms with Gasteiger partial charge in [0, 0.05) is 37.5 Å². The summed E-state index contributed by atoms with van der Waals surface area (Å²) in [6.07, 6.45) is 3.46. The summed E-state index contributed by atoms with van der Waals surface area (Å²) in [7, 11) is 0. The number of aliphatic hydroxyl groups excluding tert-OH is 9. The Morgan fingerprint density at radius 2 is 1.23 bits per heavy atom. The number of carbonyl (C=O) groups is 2. The fraction of sp³-hybridized carbons (Fsp3) is 0.660. The molecule has 0 amide bonds. The Labute approximate surface area is 381 Å². The SMILES string of the molecule is C[C@@H]1[C@H](O)[C@@H](C)/C=C/C=C/C=C/C=C/C=C/C=C/C=C/[C@H](O[C@@H]2O[C@H](C)[C@@H](O)[C@H](N)[C@@H]2O)C[C@@H]2O[C@](O)(C[C@@H](O)C[C@@H](O)C(O)CC[C@@H](O)C[C@@H](O)CC(=O)O[C@H]1C)C[C@H](O)[C@H]2C(=O)O. The highest BCUT2D eigenvalue weighted by atomic mass is 16.7. The lowest BCUT2D eigenvalue weighted by Crippen LogP contribution is -2.61. The number of rotatable bonds is 3. The van der Waals surface area contributed by atoms with E-state index in [4.69, 9.17) is 24.7 Å². The van der Waals surface area contributed by atoms with Gasteiger partial charge >= 0.3 is 11.9 Å². The second-order valence-electron chi connectivity index (χ2n) is 17.6. The normalized spacial score (nSPS) is 45.5. The summed E-state index contributed by atoms with van der Waals surface area (Å²) in [4.78, 5) is 25.1. The molecule has 65 heavy (non-hydrogen) atoms. The Kier molecular flexibility index (Phi) is 23.6. The summed E-state index contributed by atoms with van der Waals surface area (Å²) in [6.45, 7) is 6.74. The number of nitrogens with two attached hydrogens (primary N) is 1. The Hall–Kier alpha value is -3.44. The lowest BCUT2D eigenvalue weighted by molar-refractivity contribution is -0.308. The summed E-state index contributed by atoms with van der Waals surface area (Å²) in [6, 6.07) is -1.15. The van der Waals surface area contributed by atoms with E-state index in [1.165, 1.54) is 13.0 Å². The summed E-state index contributed by atoms with van der Waals surface area (Å²) in [5.41, 5.74) is 6.02. The van der Waals surface area contributed by atoms with E-state index in [-0.39, 0.29) is 31.6 Å². The first-order valence-corrected chi connectivity index (χ1v) is 22.3. The van der Waals surface area contributed by atoms with Crippen LogP contribution in [-0.4, -0.2) is 166 Å². The lowest BCUT2D eigenvalue weighted by Gasteiger charge is -2.45. The lowest BCUT2D eigenvalue weighted by atomic mass is 9.82. The van der Waals surface area contributed by atoms with Gasteiger partial charge in [0.05, 0.1) is 79.6 Å². The molecule has 0 aromatic heterocycles. The molecule has 3 aliphatic rings. The van der Waals surface area contributed by atoms with Crippen molar-refractivity contribution in [3.8, 4) is 0 Å². The first-order chi connectivity index (χ1) is 30.6. The van der Waals surface area contributed by atoms with Gasteiger partial charge in [-0.15, -0.1) is 0 Å². The molecule has 2 fully saturated rings. The van der Waals surface area contributed by atoms with Gasteiger partial charge in [-0.2, -0.15) is 0 Å². The second-order valence-corrected chi connectivity index (χ2v) is 17.6. The number of carboxylic acids is 1. The molecule has 0 aromatic rings. The van der Waals surface area contributed by atoms with Crippen LogP contribution in [0.15, 0.2) is 85.1 Å². The molecule has 19 atom stereocenters. The fourth-order valence-electron chi connectivity index (χ4n) is 7.97. The molecule has 2 saturated heterocycles. The highest BCUT2D eigenvalue weighted by molar-refractivity contribution is 5.71. The maximum absolute atomic E-state index is 12.6. The number of hydrogen-bond acceptors (Lipinski definition) is 17. The van der Waals surface area contributed by atoms with Gasteiger partial charge in [0.1, 0.15) is 18.1 Å². The van der Waals surface area contributed by atoms with E-state index in [0.717, 1.165) is 0 Å². The van der Waals surface area contributed by atoms with Gasteiger partial charge in [0.15, 0.2) is 12.1 Å². The minimum atomic E-state index is -2.33. The molecule has 3 aliphatic heterocycles. The van der Waals surface area contributed by atoms with Crippen LogP contribution in [0.2, 0.25) is 0 Å². The van der Waals surface area contributed by atoms with Crippen molar-refractivity contribution in [1.29, 1.82) is 0 Å². The van der Waals surface area contributed by atoms with E-state index >= 15 is 0 Å². The summed E-state index contributed by atoms with van der Waals surface area (Å²) in [5.74, 6) is -6.83. The van der Waals surface area contributed by atoms with Gasteiger partial charge in [0.25, 0.3) is 0 Å². The van der Waals surface area contributed by atoms with Crippen LogP contribution in [0.4, 0.5) is 0 Å². The van der Waals surface area contributed by atoms with Crippen LogP contribution in [0.1, 0.15) is 79.1 Å². The van der Waals surface area contributed by atoms with Crippen LogP contribution >= 0.6 is 0 Å². The number of carbonyl (C=O) groups excluding carboxylic acids is 1. The van der Waals surface area contributed by atoms with Gasteiger partial charge < -0.3 is 80.9 Å². The topological polar surface area (TPSA) is 320 Å². The zero-order chi connectivity index (χ0) is 48.4. The zero-order valence-corrected chi connectivity index (χ0v) is 37.6. The van der Waals surface area contributed by atoms with E-state index in [1.807, 2.05) is 19.1 Å². The van der Waals surface area contributed by atoms with E-state index < -0.39 is 147 Å². The van der Waals surface area contributed by atoms with Gasteiger partial charge in [-0.3, -0.25) is 9.59 Å². The highest BCUT2D eigenvalue weighted by Gasteiger charge is 2.51. The van der Waals surface area contributed by atoms with Crippen molar-refractivity contribution >= 4 is 11.9 Å². The molecule has 0 saturated carbocycles. The average Bonchev–Trinajstić information content (AvgIpc) is 3.21. The average molecular weight is 924 g/mol. The van der Waals surface area contributed by atoms with Gasteiger partial charge in [0.2, 0.25) is 0 Å². The largest absolute Gasteiger partial charge is 0.481 e. The molecule has 1 unspecified atom stereocenters. The van der Waals surface area contributed by atoms with Crippen LogP contribution < -0.4 is 5.73 Å². The van der Waals surface area contributed by atoms with Gasteiger partial charge in [-0.1, -0.05) is 98.9 Å². The fourth-order valence-corrected chi connectivity index (χ4v) is 7.97. The van der Waals surface area contributed by atoms with Crippen molar-refractivity contribution in [1.82, 2.24) is 0 Å². The minimum Gasteiger partial charge on any atom is -0.481 e. The summed E-state index contributed by atoms with van der Waals surface area (Å²) >= 11 is 0. The molecule has 3 rings (SSSR count). The molecule has 0 radical (unpaired) electrons. The van der Waals surface area contributed by atoms with Gasteiger partial charge in [-0.05, 0) is 33.1 Å². The molecule has 0 spiro atoms. The van der Waals surface area contributed by atoms with Crippen LogP contribution in [0, 0.1) is 17.8 Å². The maximum Gasteiger partial charge on any atom is 0.311 e. The minimum absolute atomic E-state index is 0.107. The Balaban J connectivity index is 1.86. The Bertz CT molecular complexity index is 1670. The molecule has 3 heterocycles. The van der Waals surface area contributed by atoms with Crippen molar-refractivity contribution in [3.63, 3.8) is 0 Å². The number of cyclic esters (lactones) is 1. The van der Waals surface area contributed by atoms with Gasteiger partial charge in [-0.25, -0.2) is 0 Å². The number of hydrogen-bond donors (Lipinski definition) is 12. The number of ether oxygens (including phenoxy) is 4. The number of allylic oxidation sites excluding steroid dienone is 12. The maximum atomic E-state index is 12.6. The van der Waals surface area contributed by atoms with E-state index in [9.17, 15) is 65.8 Å². The number of aliphatic carboxylic acids is 1. The number of fused-ring (bicyclic) bond motifs is 2. The molecule has 13 N–H and O–H groups in total. The molecular weight excluding hydrogens is 851 g/mol. The van der Waals surface area contributed by atoms with E-state index in [0.29, 0.717) is 0 Å². The summed E-state index contributed by atoms with van der Waals surface area (Å²) < 4.78 is 23.1. The van der Waals surface area contributed by atoms with Crippen LogP contribution in [-0.2, 0) is 28.5 Å². The third-order valence-electron chi connectivity index (χ3n) is 12.0. The van der Waals surface area contributed by atoms with Crippen LogP contribution in [0.25, 0.3) is 0 Å². The molecule has 0 aromatic carbocycles. The summed E-state index contributed by atoms with van der Waals surface area (Å²) in [5, 5.41) is 118. The number of esters is 1. The van der Waals surface area contributed by atoms with E-state index in [1.54, 1.807) is 80.7 Å². The van der Waals surface area contributed by atoms with Crippen LogP contribution in [0.3, 0.4) is 0 Å². The second kappa shape index (κ2) is 27.4. The number of carboxylic acid groups (broad SMARTS) is 1. The zero-order valence-electron chi connectivity index (χ0n) is 37.6. The smallest absolute Gasteiger partial charge is 0.311 e. The first-order valence-electron chi connectivity index (χ1n) is 22.3. The Morgan fingerprint density at radius 1 is 0.662 bits per heavy atom. The van der Waals surface area contributed by atoms with Crippen molar-refractivity contribution in [2.75, 3.05) is 0 Å². The molecule has 18 nitrogen and oxygen atoms in total. The highest BCUT2D eigenvalue weighted by Crippen LogP contribution is 2.38. The third kappa shape index (κ3) is 18.6. The first kappa shape index (κ1) is 55.9. The third-order valence-corrected chi connectivity index (χ3v) is 12.0. The predicted molar refractivity (Wildman–Crippen MR) is 237 cm³/mol. The van der Waals surface area contributed by atoms with E-state index in [2.05, 4.69) is 0 Å².